The first-order valence-electron chi connectivity index (χ1n) is 14.2. The summed E-state index contributed by atoms with van der Waals surface area (Å²) in [5, 5.41) is 6.75. The lowest BCUT2D eigenvalue weighted by Crippen LogP contribution is -2.54. The zero-order valence-corrected chi connectivity index (χ0v) is 24.7. The third-order valence-electron chi connectivity index (χ3n) is 8.10. The number of hydrogen-bond acceptors (Lipinski definition) is 5. The van der Waals surface area contributed by atoms with Crippen molar-refractivity contribution >= 4 is 46.1 Å². The number of aromatic nitrogens is 1. The van der Waals surface area contributed by atoms with Crippen molar-refractivity contribution in [2.75, 3.05) is 39.8 Å². The minimum absolute atomic E-state index is 0.0276. The molecule has 3 heterocycles. The van der Waals surface area contributed by atoms with E-state index in [-0.39, 0.29) is 61.1 Å². The number of carbonyl (C=O) groups is 4. The first-order chi connectivity index (χ1) is 20.1. The third kappa shape index (κ3) is 6.38. The van der Waals surface area contributed by atoms with E-state index in [1.54, 1.807) is 40.1 Å². The summed E-state index contributed by atoms with van der Waals surface area (Å²) in [6.07, 6.45) is 2.01. The number of halogens is 1. The Bertz CT molecular complexity index is 1490. The van der Waals surface area contributed by atoms with E-state index in [2.05, 4.69) is 15.6 Å². The molecule has 42 heavy (non-hydrogen) atoms. The molecule has 0 aliphatic carbocycles. The second kappa shape index (κ2) is 12.4. The maximum atomic E-state index is 13.6. The Hall–Kier alpha value is -4.05. The lowest BCUT2D eigenvalue weighted by Gasteiger charge is -2.39. The lowest BCUT2D eigenvalue weighted by atomic mass is 9.79. The number of nitrogens with one attached hydrogen (secondary N) is 3. The lowest BCUT2D eigenvalue weighted by molar-refractivity contribution is -0.139. The van der Waals surface area contributed by atoms with Gasteiger partial charge in [0.05, 0.1) is 25.0 Å². The van der Waals surface area contributed by atoms with E-state index in [4.69, 9.17) is 16.3 Å². The highest BCUT2D eigenvalue weighted by molar-refractivity contribution is 6.31. The molecular weight excluding hydrogens is 558 g/mol. The maximum absolute atomic E-state index is 13.6. The molecule has 10 nitrogen and oxygen atoms in total. The molecule has 3 atom stereocenters. The SMILES string of the molecule is CNC(=O)CNC(=O)C1CN(C(=O)Cc2c[nH]c3cc(Cl)ccc23)CC2CN(C(=O)c3ccc(OC(C)C)cc3)CC21. The molecule has 11 heteroatoms. The minimum Gasteiger partial charge on any atom is -0.491 e. The maximum Gasteiger partial charge on any atom is 0.253 e. The number of likely N-dealkylation sites (tertiary alicyclic amines) is 2. The Labute approximate surface area is 249 Å². The van der Waals surface area contributed by atoms with Crippen molar-refractivity contribution in [2.24, 2.45) is 17.8 Å². The predicted molar refractivity (Wildman–Crippen MR) is 159 cm³/mol. The summed E-state index contributed by atoms with van der Waals surface area (Å²) in [7, 11) is 1.51. The summed E-state index contributed by atoms with van der Waals surface area (Å²) < 4.78 is 5.70. The summed E-state index contributed by atoms with van der Waals surface area (Å²) >= 11 is 6.11. The molecule has 2 fully saturated rings. The molecule has 0 saturated carbocycles. The van der Waals surface area contributed by atoms with Gasteiger partial charge in [0.25, 0.3) is 5.91 Å². The first-order valence-corrected chi connectivity index (χ1v) is 14.6. The Balaban J connectivity index is 1.33. The van der Waals surface area contributed by atoms with Crippen LogP contribution in [0.25, 0.3) is 10.9 Å². The largest absolute Gasteiger partial charge is 0.491 e. The standard InChI is InChI=1S/C31H36ClN5O5/c1-18(2)42-23-7-4-19(5-8-23)31(41)37-15-21-14-36(17-26(25(21)16-37)30(40)35-13-28(38)33-3)29(39)10-20-12-34-27-11-22(32)6-9-24(20)27/h4-9,11-12,18,21,25-26,34H,10,13-17H2,1-3H3,(H,33,38)(H,35,40). The Morgan fingerprint density at radius 1 is 1.02 bits per heavy atom. The van der Waals surface area contributed by atoms with Crippen LogP contribution in [-0.4, -0.2) is 84.3 Å². The van der Waals surface area contributed by atoms with Gasteiger partial charge in [0.15, 0.2) is 0 Å². The van der Waals surface area contributed by atoms with E-state index in [1.165, 1.54) is 7.05 Å². The monoisotopic (exact) mass is 593 g/mol. The van der Waals surface area contributed by atoms with E-state index >= 15 is 0 Å². The molecule has 222 valence electrons. The normalized spacial score (nSPS) is 20.0. The summed E-state index contributed by atoms with van der Waals surface area (Å²) in [5.41, 5.74) is 2.24. The number of nitrogens with zero attached hydrogens (tertiary/aromatic N) is 2. The molecule has 2 saturated heterocycles. The van der Waals surface area contributed by atoms with Crippen LogP contribution in [0.2, 0.25) is 5.02 Å². The molecule has 0 radical (unpaired) electrons. The Morgan fingerprint density at radius 2 is 1.76 bits per heavy atom. The number of amides is 4. The first kappa shape index (κ1) is 29.4. The summed E-state index contributed by atoms with van der Waals surface area (Å²) in [6, 6.07) is 12.6. The van der Waals surface area contributed by atoms with Crippen molar-refractivity contribution in [1.82, 2.24) is 25.4 Å². The highest BCUT2D eigenvalue weighted by Crippen LogP contribution is 2.37. The second-order valence-electron chi connectivity index (χ2n) is 11.3. The number of ether oxygens (including phenoxy) is 1. The molecule has 2 aromatic carbocycles. The van der Waals surface area contributed by atoms with Gasteiger partial charge in [-0.15, -0.1) is 0 Å². The molecular formula is C31H36ClN5O5. The van der Waals surface area contributed by atoms with Gasteiger partial charge in [-0.2, -0.15) is 0 Å². The average Bonchev–Trinajstić information content (AvgIpc) is 3.58. The van der Waals surface area contributed by atoms with E-state index in [0.29, 0.717) is 36.0 Å². The van der Waals surface area contributed by atoms with Crippen LogP contribution in [0.1, 0.15) is 29.8 Å². The zero-order chi connectivity index (χ0) is 30.0. The quantitative estimate of drug-likeness (QED) is 0.371. The third-order valence-corrected chi connectivity index (χ3v) is 8.34. The fourth-order valence-corrected chi connectivity index (χ4v) is 6.19. The van der Waals surface area contributed by atoms with Gasteiger partial charge in [0, 0.05) is 60.9 Å². The number of piperidine rings is 1. The number of fused-ring (bicyclic) bond motifs is 2. The number of rotatable bonds is 8. The number of likely N-dealkylation sites (N-methyl/N-ethyl adjacent to an activating group) is 1. The molecule has 5 rings (SSSR count). The fourth-order valence-electron chi connectivity index (χ4n) is 6.02. The Morgan fingerprint density at radius 3 is 2.48 bits per heavy atom. The summed E-state index contributed by atoms with van der Waals surface area (Å²) in [4.78, 5) is 58.9. The highest BCUT2D eigenvalue weighted by atomic mass is 35.5. The highest BCUT2D eigenvalue weighted by Gasteiger charge is 2.47. The van der Waals surface area contributed by atoms with Gasteiger partial charge < -0.3 is 30.2 Å². The molecule has 2 aliphatic rings. The van der Waals surface area contributed by atoms with Gasteiger partial charge >= 0.3 is 0 Å². The van der Waals surface area contributed by atoms with Crippen LogP contribution in [-0.2, 0) is 20.8 Å². The van der Waals surface area contributed by atoms with Crippen molar-refractivity contribution in [3.8, 4) is 5.75 Å². The van der Waals surface area contributed by atoms with Crippen LogP contribution in [0.15, 0.2) is 48.7 Å². The molecule has 3 unspecified atom stereocenters. The fraction of sp³-hybridized carbons (Fsp3) is 0.419. The van der Waals surface area contributed by atoms with Crippen LogP contribution < -0.4 is 15.4 Å². The number of hydrogen-bond donors (Lipinski definition) is 3. The molecule has 2 aliphatic heterocycles. The average molecular weight is 594 g/mol. The van der Waals surface area contributed by atoms with Gasteiger partial charge in [0.2, 0.25) is 17.7 Å². The van der Waals surface area contributed by atoms with Gasteiger partial charge in [0.1, 0.15) is 5.75 Å². The number of aromatic amines is 1. The van der Waals surface area contributed by atoms with E-state index in [1.807, 2.05) is 32.2 Å². The molecule has 0 bridgehead atoms. The minimum atomic E-state index is -0.557. The van der Waals surface area contributed by atoms with Gasteiger partial charge in [-0.1, -0.05) is 17.7 Å². The van der Waals surface area contributed by atoms with E-state index in [0.717, 1.165) is 16.5 Å². The van der Waals surface area contributed by atoms with Gasteiger partial charge in [-0.05, 0) is 67.6 Å². The molecule has 3 N–H and O–H groups in total. The Kier molecular flexibility index (Phi) is 8.72. The van der Waals surface area contributed by atoms with Crippen LogP contribution in [0.4, 0.5) is 0 Å². The van der Waals surface area contributed by atoms with Crippen LogP contribution in [0.3, 0.4) is 0 Å². The van der Waals surface area contributed by atoms with Crippen LogP contribution in [0, 0.1) is 17.8 Å². The topological polar surface area (TPSA) is 124 Å². The molecule has 3 aromatic rings. The number of benzene rings is 2. The smallest absolute Gasteiger partial charge is 0.253 e. The van der Waals surface area contributed by atoms with E-state index in [9.17, 15) is 19.2 Å². The van der Waals surface area contributed by atoms with Gasteiger partial charge in [-0.25, -0.2) is 0 Å². The molecule has 4 amide bonds. The number of carbonyl (C=O) groups excluding carboxylic acids is 4. The summed E-state index contributed by atoms with van der Waals surface area (Å²) in [6.45, 7) is 5.23. The zero-order valence-electron chi connectivity index (χ0n) is 24.0. The molecule has 0 spiro atoms. The van der Waals surface area contributed by atoms with Crippen LogP contribution >= 0.6 is 11.6 Å². The van der Waals surface area contributed by atoms with Crippen molar-refractivity contribution < 1.29 is 23.9 Å². The van der Waals surface area contributed by atoms with Crippen molar-refractivity contribution in [1.29, 1.82) is 0 Å². The summed E-state index contributed by atoms with van der Waals surface area (Å²) in [5.74, 6) is -0.905. The van der Waals surface area contributed by atoms with E-state index < -0.39 is 5.92 Å². The van der Waals surface area contributed by atoms with Crippen LogP contribution in [0.5, 0.6) is 5.75 Å². The van der Waals surface area contributed by atoms with Crippen molar-refractivity contribution in [2.45, 2.75) is 26.4 Å². The number of H-pyrrole nitrogens is 1. The van der Waals surface area contributed by atoms with Gasteiger partial charge in [-0.3, -0.25) is 19.2 Å². The van der Waals surface area contributed by atoms with Crippen molar-refractivity contribution in [3.63, 3.8) is 0 Å². The second-order valence-corrected chi connectivity index (χ2v) is 11.7. The molecule has 1 aromatic heterocycles. The van der Waals surface area contributed by atoms with Crippen molar-refractivity contribution in [3.05, 3.63) is 64.8 Å². The predicted octanol–water partition coefficient (Wildman–Crippen LogP) is 2.86.